The van der Waals surface area contributed by atoms with E-state index in [2.05, 4.69) is 11.0 Å². The van der Waals surface area contributed by atoms with Crippen LogP contribution in [0.3, 0.4) is 0 Å². The lowest BCUT2D eigenvalue weighted by molar-refractivity contribution is 0.340. The molecule has 0 aliphatic heterocycles. The fourth-order valence-corrected chi connectivity index (χ4v) is 1.47. The van der Waals surface area contributed by atoms with Crippen LogP contribution < -0.4 is 9.64 Å². The van der Waals surface area contributed by atoms with Crippen molar-refractivity contribution in [2.24, 2.45) is 0 Å². The second-order valence-corrected chi connectivity index (χ2v) is 3.75. The number of hydrogen-bond donors (Lipinski definition) is 0. The fourth-order valence-electron chi connectivity index (χ4n) is 1.47. The molecule has 0 spiro atoms. The first-order valence-corrected chi connectivity index (χ1v) is 5.51. The zero-order valence-electron chi connectivity index (χ0n) is 10.1. The average Bonchev–Trinajstić information content (AvgIpc) is 2.30. The molecule has 1 unspecified atom stereocenters. The van der Waals surface area contributed by atoms with Gasteiger partial charge in [0, 0.05) is 18.8 Å². The zero-order chi connectivity index (χ0) is 12.0. The molecule has 1 rings (SSSR count). The van der Waals surface area contributed by atoms with Crippen LogP contribution in [-0.2, 0) is 0 Å². The van der Waals surface area contributed by atoms with Gasteiger partial charge in [-0.3, -0.25) is 0 Å². The van der Waals surface area contributed by atoms with Crippen molar-refractivity contribution in [1.29, 1.82) is 5.26 Å². The quantitative estimate of drug-likeness (QED) is 0.762. The highest BCUT2D eigenvalue weighted by molar-refractivity contribution is 5.49. The van der Waals surface area contributed by atoms with Crippen LogP contribution in [0.25, 0.3) is 0 Å². The summed E-state index contributed by atoms with van der Waals surface area (Å²) in [5.74, 6) is 0.882. The molecule has 86 valence electrons. The first-order chi connectivity index (χ1) is 7.69. The lowest BCUT2D eigenvalue weighted by Gasteiger charge is -2.25. The van der Waals surface area contributed by atoms with Gasteiger partial charge in [0.2, 0.25) is 0 Å². The fraction of sp³-hybridized carbons (Fsp3) is 0.462. The molecule has 0 aliphatic carbocycles. The third kappa shape index (κ3) is 3.16. The minimum Gasteiger partial charge on any atom is -0.494 e. The number of rotatable bonds is 5. The topological polar surface area (TPSA) is 36.3 Å². The van der Waals surface area contributed by atoms with E-state index in [9.17, 15) is 0 Å². The number of nitriles is 1. The first kappa shape index (κ1) is 12.4. The Hall–Kier alpha value is -1.69. The molecule has 1 aromatic carbocycles. The Morgan fingerprint density at radius 2 is 2.00 bits per heavy atom. The Labute approximate surface area is 97.3 Å². The maximum atomic E-state index is 8.65. The predicted octanol–water partition coefficient (Wildman–Crippen LogP) is 2.82. The number of hydrogen-bond acceptors (Lipinski definition) is 3. The van der Waals surface area contributed by atoms with Crippen molar-refractivity contribution in [2.75, 3.05) is 18.6 Å². The van der Waals surface area contributed by atoms with Crippen molar-refractivity contribution in [3.63, 3.8) is 0 Å². The van der Waals surface area contributed by atoms with Crippen molar-refractivity contribution in [3.8, 4) is 11.8 Å². The average molecular weight is 218 g/mol. The van der Waals surface area contributed by atoms with Crippen LogP contribution >= 0.6 is 0 Å². The van der Waals surface area contributed by atoms with Crippen LogP contribution in [0, 0.1) is 11.3 Å². The molecule has 0 fully saturated rings. The van der Waals surface area contributed by atoms with Gasteiger partial charge in [-0.05, 0) is 38.1 Å². The van der Waals surface area contributed by atoms with Crippen LogP contribution in [0.4, 0.5) is 5.69 Å². The minimum atomic E-state index is 0.225. The zero-order valence-corrected chi connectivity index (χ0v) is 10.1. The summed E-state index contributed by atoms with van der Waals surface area (Å²) < 4.78 is 5.38. The molecule has 0 aliphatic rings. The molecule has 0 amide bonds. The first-order valence-electron chi connectivity index (χ1n) is 5.51. The summed E-state index contributed by atoms with van der Waals surface area (Å²) in [6, 6.07) is 10.3. The van der Waals surface area contributed by atoms with E-state index >= 15 is 0 Å². The van der Waals surface area contributed by atoms with Crippen LogP contribution in [0.15, 0.2) is 24.3 Å². The normalized spacial score (nSPS) is 11.6. The van der Waals surface area contributed by atoms with Gasteiger partial charge in [-0.25, -0.2) is 0 Å². The van der Waals surface area contributed by atoms with E-state index in [4.69, 9.17) is 10.00 Å². The Balaban J connectivity index is 2.70. The lowest BCUT2D eigenvalue weighted by Crippen LogP contribution is -2.28. The molecular weight excluding hydrogens is 200 g/mol. The number of benzene rings is 1. The molecule has 1 aromatic rings. The smallest absolute Gasteiger partial charge is 0.119 e. The van der Waals surface area contributed by atoms with E-state index in [1.807, 2.05) is 45.2 Å². The molecule has 1 atom stereocenters. The Morgan fingerprint density at radius 3 is 2.50 bits per heavy atom. The van der Waals surface area contributed by atoms with E-state index in [0.717, 1.165) is 11.4 Å². The van der Waals surface area contributed by atoms with Gasteiger partial charge < -0.3 is 9.64 Å². The van der Waals surface area contributed by atoms with E-state index in [1.165, 1.54) is 0 Å². The predicted molar refractivity (Wildman–Crippen MR) is 65.7 cm³/mol. The van der Waals surface area contributed by atoms with Gasteiger partial charge in [-0.2, -0.15) is 5.26 Å². The molecular formula is C13H18N2O. The van der Waals surface area contributed by atoms with Crippen LogP contribution in [0.5, 0.6) is 5.75 Å². The van der Waals surface area contributed by atoms with Crippen molar-refractivity contribution < 1.29 is 4.74 Å². The lowest BCUT2D eigenvalue weighted by atomic mass is 10.2. The Morgan fingerprint density at radius 1 is 1.38 bits per heavy atom. The summed E-state index contributed by atoms with van der Waals surface area (Å²) in [5, 5.41) is 8.65. The molecule has 3 heteroatoms. The van der Waals surface area contributed by atoms with Gasteiger partial charge >= 0.3 is 0 Å². The number of anilines is 1. The molecule has 16 heavy (non-hydrogen) atoms. The third-order valence-corrected chi connectivity index (χ3v) is 2.60. The molecule has 0 N–H and O–H groups in total. The summed E-state index contributed by atoms with van der Waals surface area (Å²) >= 11 is 0. The van der Waals surface area contributed by atoms with Crippen molar-refractivity contribution in [3.05, 3.63) is 24.3 Å². The van der Waals surface area contributed by atoms with Gasteiger partial charge in [0.25, 0.3) is 0 Å². The number of ether oxygens (including phenoxy) is 1. The molecule has 0 bridgehead atoms. The molecule has 0 heterocycles. The summed E-state index contributed by atoms with van der Waals surface area (Å²) in [6.07, 6.45) is 0.531. The van der Waals surface area contributed by atoms with E-state index in [1.54, 1.807) is 0 Å². The minimum absolute atomic E-state index is 0.225. The highest BCUT2D eigenvalue weighted by Gasteiger charge is 2.09. The molecule has 3 nitrogen and oxygen atoms in total. The summed E-state index contributed by atoms with van der Waals surface area (Å²) in [5.41, 5.74) is 1.10. The van der Waals surface area contributed by atoms with Gasteiger partial charge in [0.05, 0.1) is 19.1 Å². The Kier molecular flexibility index (Phi) is 4.65. The van der Waals surface area contributed by atoms with E-state index < -0.39 is 0 Å². The standard InChI is InChI=1S/C13H18N2O/c1-4-16-13-7-5-12(6-8-13)15(3)11(2)9-10-14/h5-8,11H,4,9H2,1-3H3. The second kappa shape index (κ2) is 6.02. The van der Waals surface area contributed by atoms with Crippen molar-refractivity contribution in [1.82, 2.24) is 0 Å². The molecule has 0 radical (unpaired) electrons. The maximum absolute atomic E-state index is 8.65. The van der Waals surface area contributed by atoms with Crippen molar-refractivity contribution in [2.45, 2.75) is 26.3 Å². The Bertz CT molecular complexity index is 353. The second-order valence-electron chi connectivity index (χ2n) is 3.75. The largest absolute Gasteiger partial charge is 0.494 e. The highest BCUT2D eigenvalue weighted by atomic mass is 16.5. The van der Waals surface area contributed by atoms with Crippen LogP contribution in [-0.4, -0.2) is 19.7 Å². The molecule has 0 saturated heterocycles. The summed E-state index contributed by atoms with van der Waals surface area (Å²) in [4.78, 5) is 2.10. The van der Waals surface area contributed by atoms with Crippen molar-refractivity contribution >= 4 is 5.69 Å². The maximum Gasteiger partial charge on any atom is 0.119 e. The van der Waals surface area contributed by atoms with Gasteiger partial charge in [0.15, 0.2) is 0 Å². The third-order valence-electron chi connectivity index (χ3n) is 2.60. The van der Waals surface area contributed by atoms with E-state index in [0.29, 0.717) is 13.0 Å². The number of nitrogens with zero attached hydrogens (tertiary/aromatic N) is 2. The van der Waals surface area contributed by atoms with Crippen LogP contribution in [0.2, 0.25) is 0 Å². The van der Waals surface area contributed by atoms with Gasteiger partial charge in [-0.15, -0.1) is 0 Å². The highest BCUT2D eigenvalue weighted by Crippen LogP contribution is 2.20. The SMILES string of the molecule is CCOc1ccc(N(C)C(C)CC#N)cc1. The molecule has 0 aromatic heterocycles. The van der Waals surface area contributed by atoms with Gasteiger partial charge in [0.1, 0.15) is 5.75 Å². The summed E-state index contributed by atoms with van der Waals surface area (Å²) in [6.45, 7) is 4.69. The summed E-state index contributed by atoms with van der Waals surface area (Å²) in [7, 11) is 2.00. The van der Waals surface area contributed by atoms with Crippen LogP contribution in [0.1, 0.15) is 20.3 Å². The molecule has 0 saturated carbocycles. The van der Waals surface area contributed by atoms with E-state index in [-0.39, 0.29) is 6.04 Å². The van der Waals surface area contributed by atoms with Gasteiger partial charge in [-0.1, -0.05) is 0 Å². The monoisotopic (exact) mass is 218 g/mol.